The fraction of sp³-hybridized carbons (Fsp3) is 0.286. The van der Waals surface area contributed by atoms with Crippen LogP contribution in [-0.4, -0.2) is 43.3 Å². The van der Waals surface area contributed by atoms with E-state index in [-0.39, 0.29) is 22.2 Å². The van der Waals surface area contributed by atoms with Crippen LogP contribution in [0.25, 0.3) is 0 Å². The lowest BCUT2D eigenvalue weighted by Gasteiger charge is -2.33. The van der Waals surface area contributed by atoms with E-state index in [4.69, 9.17) is 11.6 Å². The predicted molar refractivity (Wildman–Crippen MR) is 147 cm³/mol. The second-order valence-corrected chi connectivity index (χ2v) is 12.3. The molecule has 0 spiro atoms. The Balaban J connectivity index is 2.04. The third-order valence-corrected chi connectivity index (χ3v) is 7.81. The summed E-state index contributed by atoms with van der Waals surface area (Å²) >= 11 is 5.95. The molecule has 0 aliphatic carbocycles. The van der Waals surface area contributed by atoms with Crippen LogP contribution in [-0.2, 0) is 26.2 Å². The SMILES string of the molecule is C[C@H](C(=O)NC(C)(C)C)N(Cc1ccc(F)cc1)C(=O)CN(c1ccc(F)c(Cl)c1)S(=O)(=O)c1ccccc1. The van der Waals surface area contributed by atoms with Gasteiger partial charge in [0.1, 0.15) is 24.2 Å². The van der Waals surface area contributed by atoms with Gasteiger partial charge in [-0.1, -0.05) is 41.9 Å². The second kappa shape index (κ2) is 12.1. The molecule has 0 fully saturated rings. The van der Waals surface area contributed by atoms with Crippen LogP contribution >= 0.6 is 11.6 Å². The average Bonchev–Trinajstić information content (AvgIpc) is 2.87. The van der Waals surface area contributed by atoms with Gasteiger partial charge in [0.2, 0.25) is 11.8 Å². The van der Waals surface area contributed by atoms with Crippen LogP contribution in [0.15, 0.2) is 77.7 Å². The molecule has 1 atom stereocenters. The average molecular weight is 578 g/mol. The van der Waals surface area contributed by atoms with E-state index >= 15 is 0 Å². The van der Waals surface area contributed by atoms with Crippen LogP contribution in [0.2, 0.25) is 5.02 Å². The van der Waals surface area contributed by atoms with Gasteiger partial charge in [-0.25, -0.2) is 17.2 Å². The summed E-state index contributed by atoms with van der Waals surface area (Å²) in [5.74, 6) is -2.39. The molecule has 0 aliphatic heterocycles. The molecule has 3 aromatic carbocycles. The van der Waals surface area contributed by atoms with Gasteiger partial charge in [0.05, 0.1) is 15.6 Å². The molecule has 208 valence electrons. The van der Waals surface area contributed by atoms with E-state index in [0.29, 0.717) is 5.56 Å². The number of hydrogen-bond acceptors (Lipinski definition) is 4. The lowest BCUT2D eigenvalue weighted by atomic mass is 10.1. The van der Waals surface area contributed by atoms with Crippen molar-refractivity contribution in [1.29, 1.82) is 0 Å². The smallest absolute Gasteiger partial charge is 0.264 e. The van der Waals surface area contributed by atoms with Gasteiger partial charge in [0.15, 0.2) is 0 Å². The first-order valence-electron chi connectivity index (χ1n) is 12.1. The number of amides is 2. The first kappa shape index (κ1) is 30.0. The Morgan fingerprint density at radius 2 is 1.59 bits per heavy atom. The highest BCUT2D eigenvalue weighted by molar-refractivity contribution is 7.92. The van der Waals surface area contributed by atoms with Gasteiger partial charge in [-0.2, -0.15) is 0 Å². The number of rotatable bonds is 9. The molecular weight excluding hydrogens is 548 g/mol. The highest BCUT2D eigenvalue weighted by Gasteiger charge is 2.33. The minimum atomic E-state index is -4.31. The van der Waals surface area contributed by atoms with Crippen LogP contribution in [0.5, 0.6) is 0 Å². The van der Waals surface area contributed by atoms with Crippen LogP contribution in [0, 0.1) is 11.6 Å². The monoisotopic (exact) mass is 577 g/mol. The van der Waals surface area contributed by atoms with Crippen LogP contribution in [0.4, 0.5) is 14.5 Å². The van der Waals surface area contributed by atoms with Crippen molar-refractivity contribution in [3.05, 3.63) is 95.0 Å². The Hall–Kier alpha value is -3.50. The van der Waals surface area contributed by atoms with E-state index in [0.717, 1.165) is 16.4 Å². The summed E-state index contributed by atoms with van der Waals surface area (Å²) in [6, 6.07) is 15.2. The van der Waals surface area contributed by atoms with Gasteiger partial charge in [0.25, 0.3) is 10.0 Å². The Labute approximate surface area is 232 Å². The molecule has 0 unspecified atom stereocenters. The molecular formula is C28H30ClF2N3O4S. The molecule has 0 aromatic heterocycles. The molecule has 11 heteroatoms. The largest absolute Gasteiger partial charge is 0.350 e. The normalized spacial score (nSPS) is 12.5. The Bertz CT molecular complexity index is 1430. The van der Waals surface area contributed by atoms with Crippen molar-refractivity contribution >= 4 is 39.1 Å². The van der Waals surface area contributed by atoms with Gasteiger partial charge < -0.3 is 10.2 Å². The van der Waals surface area contributed by atoms with E-state index in [1.54, 1.807) is 26.8 Å². The zero-order valence-electron chi connectivity index (χ0n) is 22.0. The summed E-state index contributed by atoms with van der Waals surface area (Å²) in [6.07, 6.45) is 0. The summed E-state index contributed by atoms with van der Waals surface area (Å²) < 4.78 is 55.6. The molecule has 0 saturated heterocycles. The van der Waals surface area contributed by atoms with Gasteiger partial charge in [-0.15, -0.1) is 0 Å². The molecule has 7 nitrogen and oxygen atoms in total. The number of nitrogens with zero attached hydrogens (tertiary/aromatic N) is 2. The Morgan fingerprint density at radius 1 is 0.974 bits per heavy atom. The van der Waals surface area contributed by atoms with Crippen molar-refractivity contribution < 1.29 is 26.8 Å². The molecule has 3 aromatic rings. The van der Waals surface area contributed by atoms with E-state index in [1.165, 1.54) is 66.4 Å². The maximum atomic E-state index is 13.9. The maximum absolute atomic E-state index is 13.9. The molecule has 1 N–H and O–H groups in total. The van der Waals surface area contributed by atoms with Crippen molar-refractivity contribution in [2.75, 3.05) is 10.8 Å². The summed E-state index contributed by atoms with van der Waals surface area (Å²) in [7, 11) is -4.31. The first-order chi connectivity index (χ1) is 18.2. The third-order valence-electron chi connectivity index (χ3n) is 5.73. The summed E-state index contributed by atoms with van der Waals surface area (Å²) in [6.45, 7) is 6.07. The van der Waals surface area contributed by atoms with E-state index in [9.17, 15) is 26.8 Å². The fourth-order valence-electron chi connectivity index (χ4n) is 3.73. The van der Waals surface area contributed by atoms with E-state index < -0.39 is 51.6 Å². The first-order valence-corrected chi connectivity index (χ1v) is 13.9. The lowest BCUT2D eigenvalue weighted by Crippen LogP contribution is -2.54. The van der Waals surface area contributed by atoms with Crippen LogP contribution < -0.4 is 9.62 Å². The molecule has 0 saturated carbocycles. The zero-order chi connectivity index (χ0) is 29.0. The zero-order valence-corrected chi connectivity index (χ0v) is 23.6. The van der Waals surface area contributed by atoms with Gasteiger partial charge >= 0.3 is 0 Å². The maximum Gasteiger partial charge on any atom is 0.264 e. The van der Waals surface area contributed by atoms with Gasteiger partial charge in [-0.3, -0.25) is 13.9 Å². The van der Waals surface area contributed by atoms with Crippen molar-refractivity contribution in [2.24, 2.45) is 0 Å². The van der Waals surface area contributed by atoms with E-state index in [1.807, 2.05) is 0 Å². The van der Waals surface area contributed by atoms with Gasteiger partial charge in [-0.05, 0) is 75.7 Å². The highest BCUT2D eigenvalue weighted by Crippen LogP contribution is 2.28. The number of hydrogen-bond donors (Lipinski definition) is 1. The molecule has 0 radical (unpaired) electrons. The third kappa shape index (κ3) is 7.77. The summed E-state index contributed by atoms with van der Waals surface area (Å²) in [5.41, 5.74) is -0.0988. The topological polar surface area (TPSA) is 86.8 Å². The van der Waals surface area contributed by atoms with Crippen molar-refractivity contribution in [1.82, 2.24) is 10.2 Å². The molecule has 0 heterocycles. The number of halogens is 3. The van der Waals surface area contributed by atoms with E-state index in [2.05, 4.69) is 5.32 Å². The number of carbonyl (C=O) groups excluding carboxylic acids is 2. The minimum Gasteiger partial charge on any atom is -0.350 e. The molecule has 39 heavy (non-hydrogen) atoms. The predicted octanol–water partition coefficient (Wildman–Crippen LogP) is 5.15. The lowest BCUT2D eigenvalue weighted by molar-refractivity contribution is -0.140. The van der Waals surface area contributed by atoms with Crippen LogP contribution in [0.3, 0.4) is 0 Å². The summed E-state index contributed by atoms with van der Waals surface area (Å²) in [4.78, 5) is 28.0. The minimum absolute atomic E-state index is 0.0351. The molecule has 2 amide bonds. The quantitative estimate of drug-likeness (QED) is 0.381. The Morgan fingerprint density at radius 3 is 2.15 bits per heavy atom. The van der Waals surface area contributed by atoms with Gasteiger partial charge in [0, 0.05) is 12.1 Å². The number of benzene rings is 3. The second-order valence-electron chi connectivity index (χ2n) is 9.99. The standard InChI is InChI=1S/C28H30ClF2N3O4S/c1-19(27(36)32-28(2,3)4)33(17-20-10-12-21(30)13-11-20)26(35)18-34(22-14-15-25(31)24(29)16-22)39(37,38)23-8-6-5-7-9-23/h5-16,19H,17-18H2,1-4H3,(H,32,36)/t19-/m1/s1. The van der Waals surface area contributed by atoms with Crippen molar-refractivity contribution in [3.63, 3.8) is 0 Å². The molecule has 0 bridgehead atoms. The number of nitrogens with one attached hydrogen (secondary N) is 1. The van der Waals surface area contributed by atoms with Crippen molar-refractivity contribution in [2.45, 2.75) is 50.7 Å². The molecule has 3 rings (SSSR count). The van der Waals surface area contributed by atoms with Crippen LogP contribution in [0.1, 0.15) is 33.3 Å². The number of anilines is 1. The number of sulfonamides is 1. The molecule has 0 aliphatic rings. The fourth-order valence-corrected chi connectivity index (χ4v) is 5.33. The highest BCUT2D eigenvalue weighted by atomic mass is 35.5. The summed E-state index contributed by atoms with van der Waals surface area (Å²) in [5, 5.41) is 2.50. The Kier molecular flexibility index (Phi) is 9.34. The number of carbonyl (C=O) groups is 2. The van der Waals surface area contributed by atoms with Crippen molar-refractivity contribution in [3.8, 4) is 0 Å².